The van der Waals surface area contributed by atoms with Crippen molar-refractivity contribution in [1.29, 1.82) is 0 Å². The molecule has 63 heavy (non-hydrogen) atoms. The number of thiophene rings is 1. The quantitative estimate of drug-likeness (QED) is 0.0961. The summed E-state index contributed by atoms with van der Waals surface area (Å²) in [5, 5.41) is 29.0. The summed E-state index contributed by atoms with van der Waals surface area (Å²) in [4.78, 5) is 0. The molecule has 2 fully saturated rings. The van der Waals surface area contributed by atoms with Crippen LogP contribution >= 0.6 is 11.3 Å². The first-order chi connectivity index (χ1) is 31.2. The van der Waals surface area contributed by atoms with Gasteiger partial charge in [-0.15, -0.1) is 11.3 Å². The largest absolute Gasteiger partial charge is 0.279 e. The van der Waals surface area contributed by atoms with Crippen molar-refractivity contribution in [2.24, 2.45) is 0 Å². The second kappa shape index (κ2) is 16.5. The highest BCUT2D eigenvalue weighted by atomic mass is 32.1. The van der Waals surface area contributed by atoms with Crippen LogP contribution in [0.1, 0.15) is 87.9 Å². The standard InChI is InChI=1S/C56H48N6S/c1-3-16-37(17-4-1)51-57-53(41-28-26-35-14-7-9-20-39(35)30-41)61-55(59-51)44-32-43(46-23-13-25-49-50(46)47-22-11-12-24-48(47)63-49)33-45(34-44)56-60-52(38-18-5-2-6-19-38)58-54(62-56)42-29-27-36-15-8-10-21-40(36)31-42/h1-7,9-14,16-34,51-62H,8,15H2. The van der Waals surface area contributed by atoms with Crippen molar-refractivity contribution < 1.29 is 0 Å². The molecule has 6 atom stereocenters. The lowest BCUT2D eigenvalue weighted by molar-refractivity contribution is 0.199. The number of allylic oxidation sites excluding steroid dienone is 1. The van der Waals surface area contributed by atoms with Crippen molar-refractivity contribution in [3.05, 3.63) is 233 Å². The Morgan fingerprint density at radius 3 is 1.65 bits per heavy atom. The minimum atomic E-state index is -0.195. The number of fused-ring (bicyclic) bond motifs is 5. The fourth-order valence-electron chi connectivity index (χ4n) is 9.93. The summed E-state index contributed by atoms with van der Waals surface area (Å²) in [6.45, 7) is 0. The summed E-state index contributed by atoms with van der Waals surface area (Å²) in [5.74, 6) is 0. The van der Waals surface area contributed by atoms with E-state index in [1.807, 2.05) is 11.3 Å². The first kappa shape index (κ1) is 38.4. The van der Waals surface area contributed by atoms with Gasteiger partial charge >= 0.3 is 0 Å². The Morgan fingerprint density at radius 1 is 0.397 bits per heavy atom. The Kier molecular flexibility index (Phi) is 10.0. The lowest BCUT2D eigenvalue weighted by Crippen LogP contribution is -2.55. The molecular weight excluding hydrogens is 789 g/mol. The number of nitrogens with one attached hydrogen (secondary N) is 6. The SMILES string of the molecule is C1=Cc2cc(C3NC(c4ccccc4)NC(c4cc(-c5cccc6sc7ccccc7c56)cc(C5NC(c6ccccc6)NC(c6ccc7ccccc7c6)N5)c4)N3)ccc2CC1. The van der Waals surface area contributed by atoms with Crippen LogP contribution in [0.2, 0.25) is 0 Å². The Balaban J connectivity index is 1.01. The third-order valence-corrected chi connectivity index (χ3v) is 14.2. The summed E-state index contributed by atoms with van der Waals surface area (Å²) in [6.07, 6.45) is 5.95. The molecule has 3 aliphatic rings. The normalized spacial score (nSPS) is 22.3. The molecule has 0 amide bonds. The van der Waals surface area contributed by atoms with Gasteiger partial charge in [-0.25, -0.2) is 0 Å². The molecule has 2 saturated heterocycles. The average molecular weight is 837 g/mol. The van der Waals surface area contributed by atoms with E-state index >= 15 is 0 Å². The molecular formula is C56H48N6S. The van der Waals surface area contributed by atoms with E-state index in [0.29, 0.717) is 0 Å². The molecule has 8 aromatic carbocycles. The van der Waals surface area contributed by atoms with E-state index in [-0.39, 0.29) is 37.0 Å². The van der Waals surface area contributed by atoms with Crippen LogP contribution in [0, 0.1) is 0 Å². The van der Waals surface area contributed by atoms with Gasteiger partial charge in [-0.05, 0) is 122 Å². The van der Waals surface area contributed by atoms with Crippen molar-refractivity contribution in [2.45, 2.75) is 49.8 Å². The summed E-state index contributed by atoms with van der Waals surface area (Å²) >= 11 is 1.87. The second-order valence-electron chi connectivity index (χ2n) is 17.1. The molecule has 0 radical (unpaired) electrons. The van der Waals surface area contributed by atoms with Gasteiger partial charge in [-0.2, -0.15) is 0 Å². The number of benzene rings is 8. The van der Waals surface area contributed by atoms with E-state index < -0.39 is 0 Å². The van der Waals surface area contributed by atoms with E-state index in [1.165, 1.54) is 86.6 Å². The first-order valence-corrected chi connectivity index (χ1v) is 23.0. The van der Waals surface area contributed by atoms with Crippen LogP contribution in [0.4, 0.5) is 0 Å². The Hall–Kier alpha value is -6.26. The van der Waals surface area contributed by atoms with Gasteiger partial charge in [0.1, 0.15) is 0 Å². The van der Waals surface area contributed by atoms with Gasteiger partial charge in [-0.1, -0.05) is 152 Å². The molecule has 0 bridgehead atoms. The van der Waals surface area contributed by atoms with Crippen LogP contribution in [0.3, 0.4) is 0 Å². The van der Waals surface area contributed by atoms with Crippen molar-refractivity contribution in [2.75, 3.05) is 0 Å². The first-order valence-electron chi connectivity index (χ1n) is 22.2. The zero-order chi connectivity index (χ0) is 41.7. The molecule has 1 aromatic heterocycles. The van der Waals surface area contributed by atoms with Gasteiger partial charge in [0.05, 0.1) is 37.0 Å². The molecule has 308 valence electrons. The number of rotatable bonds is 7. The molecule has 6 N–H and O–H groups in total. The van der Waals surface area contributed by atoms with Crippen LogP contribution < -0.4 is 31.9 Å². The van der Waals surface area contributed by atoms with Crippen molar-refractivity contribution >= 4 is 48.4 Å². The highest BCUT2D eigenvalue weighted by Gasteiger charge is 2.33. The lowest BCUT2D eigenvalue weighted by atomic mass is 9.92. The van der Waals surface area contributed by atoms with E-state index in [9.17, 15) is 0 Å². The molecule has 12 rings (SSSR count). The van der Waals surface area contributed by atoms with Crippen molar-refractivity contribution in [3.63, 3.8) is 0 Å². The predicted molar refractivity (Wildman–Crippen MR) is 261 cm³/mol. The lowest BCUT2D eigenvalue weighted by Gasteiger charge is -2.41. The van der Waals surface area contributed by atoms with Gasteiger partial charge in [0.15, 0.2) is 0 Å². The highest BCUT2D eigenvalue weighted by molar-refractivity contribution is 7.25. The summed E-state index contributed by atoms with van der Waals surface area (Å²) in [6, 6.07) is 66.7. The predicted octanol–water partition coefficient (Wildman–Crippen LogP) is 12.2. The monoisotopic (exact) mass is 836 g/mol. The fourth-order valence-corrected chi connectivity index (χ4v) is 11.1. The zero-order valence-electron chi connectivity index (χ0n) is 34.8. The topological polar surface area (TPSA) is 72.2 Å². The maximum absolute atomic E-state index is 4.05. The highest BCUT2D eigenvalue weighted by Crippen LogP contribution is 2.42. The van der Waals surface area contributed by atoms with Crippen LogP contribution in [-0.4, -0.2) is 0 Å². The number of hydrogen-bond donors (Lipinski definition) is 6. The molecule has 1 aliphatic carbocycles. The van der Waals surface area contributed by atoms with Crippen LogP contribution in [-0.2, 0) is 6.42 Å². The van der Waals surface area contributed by atoms with Gasteiger partial charge in [0.25, 0.3) is 0 Å². The average Bonchev–Trinajstić information content (AvgIpc) is 3.75. The van der Waals surface area contributed by atoms with Crippen molar-refractivity contribution in [1.82, 2.24) is 31.9 Å². The molecule has 2 aliphatic heterocycles. The third kappa shape index (κ3) is 7.48. The van der Waals surface area contributed by atoms with E-state index in [0.717, 1.165) is 12.8 Å². The summed E-state index contributed by atoms with van der Waals surface area (Å²) < 4.78 is 2.60. The molecule has 6 unspecified atom stereocenters. The van der Waals surface area contributed by atoms with E-state index in [2.05, 4.69) is 226 Å². The van der Waals surface area contributed by atoms with Crippen LogP contribution in [0.15, 0.2) is 188 Å². The summed E-state index contributed by atoms with van der Waals surface area (Å²) in [7, 11) is 0. The molecule has 0 saturated carbocycles. The fraction of sp³-hybridized carbons (Fsp3) is 0.143. The van der Waals surface area contributed by atoms with Gasteiger partial charge in [0, 0.05) is 20.2 Å². The Labute approximate surface area is 372 Å². The third-order valence-electron chi connectivity index (χ3n) is 13.1. The summed E-state index contributed by atoms with van der Waals surface area (Å²) in [5.41, 5.74) is 12.3. The molecule has 3 heterocycles. The van der Waals surface area contributed by atoms with Gasteiger partial charge in [-0.3, -0.25) is 31.9 Å². The maximum Gasteiger partial charge on any atom is 0.0864 e. The molecule has 0 spiro atoms. The smallest absolute Gasteiger partial charge is 0.0864 e. The maximum atomic E-state index is 4.05. The number of aryl methyl sites for hydroxylation is 1. The van der Waals surface area contributed by atoms with E-state index in [1.54, 1.807) is 0 Å². The van der Waals surface area contributed by atoms with Crippen molar-refractivity contribution in [3.8, 4) is 11.1 Å². The van der Waals surface area contributed by atoms with E-state index in [4.69, 9.17) is 0 Å². The number of hydrogen-bond acceptors (Lipinski definition) is 7. The molecule has 9 aromatic rings. The second-order valence-corrected chi connectivity index (χ2v) is 18.2. The minimum Gasteiger partial charge on any atom is -0.279 e. The Morgan fingerprint density at radius 2 is 0.952 bits per heavy atom. The van der Waals surface area contributed by atoms with Gasteiger partial charge < -0.3 is 0 Å². The van der Waals surface area contributed by atoms with Crippen LogP contribution in [0.5, 0.6) is 0 Å². The zero-order valence-corrected chi connectivity index (χ0v) is 35.6. The molecule has 6 nitrogen and oxygen atoms in total. The van der Waals surface area contributed by atoms with Gasteiger partial charge in [0.2, 0.25) is 0 Å². The Bertz CT molecular complexity index is 3140. The van der Waals surface area contributed by atoms with Crippen LogP contribution in [0.25, 0.3) is 48.1 Å². The molecule has 7 heteroatoms. The minimum absolute atomic E-state index is 0.0970.